The summed E-state index contributed by atoms with van der Waals surface area (Å²) in [6.45, 7) is 0. The van der Waals surface area contributed by atoms with Gasteiger partial charge in [-0.1, -0.05) is 60.7 Å². The van der Waals surface area contributed by atoms with Crippen LogP contribution in [-0.4, -0.2) is 5.03 Å². The summed E-state index contributed by atoms with van der Waals surface area (Å²) < 4.78 is 0. The molecule has 0 fully saturated rings. The zero-order valence-electron chi connectivity index (χ0n) is 10.2. The lowest BCUT2D eigenvalue weighted by Gasteiger charge is -2.14. The van der Waals surface area contributed by atoms with E-state index in [0.717, 1.165) is 11.1 Å². The van der Waals surface area contributed by atoms with E-state index in [4.69, 9.17) is 0 Å². The largest absolute Gasteiger partial charge is 0.235 e. The van der Waals surface area contributed by atoms with Gasteiger partial charge in [-0.2, -0.15) is 0 Å². The number of nitrogens with one attached hydrogen (secondary N) is 1. The third-order valence-electron chi connectivity index (χ3n) is 2.75. The lowest BCUT2D eigenvalue weighted by atomic mass is 10.00. The molecule has 0 saturated heterocycles. The molecule has 1 unspecified atom stereocenters. The molecule has 0 amide bonds. The molecule has 2 rings (SSSR count). The highest BCUT2D eigenvalue weighted by atomic mass is 35.5. The van der Waals surface area contributed by atoms with Gasteiger partial charge in [0, 0.05) is 6.42 Å². The van der Waals surface area contributed by atoms with Crippen LogP contribution in [0.2, 0.25) is 0 Å². The van der Waals surface area contributed by atoms with E-state index in [2.05, 4.69) is 5.43 Å². The summed E-state index contributed by atoms with van der Waals surface area (Å²) in [5.74, 6) is 0. The van der Waals surface area contributed by atoms with Gasteiger partial charge in [0.15, 0.2) is 5.03 Å². The summed E-state index contributed by atoms with van der Waals surface area (Å²) in [5.41, 5.74) is 4.35. The minimum atomic E-state index is -0.486. The molecule has 0 aliphatic carbocycles. The molecule has 0 aliphatic rings. The Labute approximate surface area is 118 Å². The van der Waals surface area contributed by atoms with E-state index in [1.165, 1.54) is 0 Å². The predicted molar refractivity (Wildman–Crippen MR) is 76.7 cm³/mol. The van der Waals surface area contributed by atoms with Crippen molar-refractivity contribution >= 4 is 12.4 Å². The van der Waals surface area contributed by atoms with Crippen LogP contribution in [0.5, 0.6) is 0 Å². The molecule has 0 radical (unpaired) electrons. The summed E-state index contributed by atoms with van der Waals surface area (Å²) >= 11 is 0. The van der Waals surface area contributed by atoms with Crippen molar-refractivity contribution < 1.29 is 5.03 Å². The Kier molecular flexibility index (Phi) is 5.82. The summed E-state index contributed by atoms with van der Waals surface area (Å²) in [7, 11) is 0. The van der Waals surface area contributed by atoms with Gasteiger partial charge in [-0.3, -0.25) is 0 Å². The first kappa shape index (κ1) is 15.0. The Balaban J connectivity index is 0.00000180. The average Bonchev–Trinajstić information content (AvgIpc) is 2.40. The minimum absolute atomic E-state index is 0. The normalized spacial score (nSPS) is 11.2. The second-order valence-electron chi connectivity index (χ2n) is 4.04. The molecular formula is C14H15ClN2O2. The third-order valence-corrected chi connectivity index (χ3v) is 2.75. The molecule has 0 aromatic heterocycles. The smallest absolute Gasteiger partial charge is 0.158 e. The first-order valence-electron chi connectivity index (χ1n) is 5.75. The Hall–Kier alpha value is -2.07. The van der Waals surface area contributed by atoms with Crippen molar-refractivity contribution in [3.8, 4) is 0 Å². The maximum absolute atomic E-state index is 10.7. The first-order chi connectivity index (χ1) is 8.75. The SMILES string of the molecule is Cl.O=[N+]([O-])NC(Cc1ccccc1)c1ccccc1. The number of rotatable bonds is 5. The summed E-state index contributed by atoms with van der Waals surface area (Å²) in [6, 6.07) is 18.9. The molecule has 2 aromatic carbocycles. The fourth-order valence-electron chi connectivity index (χ4n) is 1.90. The standard InChI is InChI=1S/C14H14N2O2.ClH/c17-16(18)15-14(13-9-5-2-6-10-13)11-12-7-3-1-4-8-12;/h1-10,14-15H,11H2;1H. The number of hydrazine groups is 1. The Morgan fingerprint density at radius 2 is 1.53 bits per heavy atom. The highest BCUT2D eigenvalue weighted by molar-refractivity contribution is 5.85. The van der Waals surface area contributed by atoms with Crippen molar-refractivity contribution in [2.24, 2.45) is 0 Å². The number of nitro groups is 1. The molecule has 1 N–H and O–H groups in total. The van der Waals surface area contributed by atoms with Gasteiger partial charge in [0.25, 0.3) is 0 Å². The van der Waals surface area contributed by atoms with E-state index >= 15 is 0 Å². The zero-order chi connectivity index (χ0) is 12.8. The van der Waals surface area contributed by atoms with Gasteiger partial charge < -0.3 is 0 Å². The second kappa shape index (κ2) is 7.38. The van der Waals surface area contributed by atoms with Crippen LogP contribution in [0.15, 0.2) is 60.7 Å². The van der Waals surface area contributed by atoms with Gasteiger partial charge in [-0.15, -0.1) is 17.8 Å². The van der Waals surface area contributed by atoms with Crippen molar-refractivity contribution in [1.29, 1.82) is 0 Å². The van der Waals surface area contributed by atoms with Gasteiger partial charge in [0.2, 0.25) is 0 Å². The van der Waals surface area contributed by atoms with Gasteiger partial charge in [-0.05, 0) is 11.1 Å². The minimum Gasteiger partial charge on any atom is -0.235 e. The Morgan fingerprint density at radius 3 is 2.05 bits per heavy atom. The van der Waals surface area contributed by atoms with Crippen molar-refractivity contribution in [2.45, 2.75) is 12.5 Å². The molecule has 19 heavy (non-hydrogen) atoms. The molecule has 2 aromatic rings. The first-order valence-corrected chi connectivity index (χ1v) is 5.75. The number of hydrogen-bond donors (Lipinski definition) is 1. The van der Waals surface area contributed by atoms with E-state index in [1.54, 1.807) is 0 Å². The monoisotopic (exact) mass is 278 g/mol. The third kappa shape index (κ3) is 4.60. The zero-order valence-corrected chi connectivity index (χ0v) is 11.0. The number of hydrogen-bond acceptors (Lipinski definition) is 2. The molecule has 0 aliphatic heterocycles. The molecule has 4 nitrogen and oxygen atoms in total. The van der Waals surface area contributed by atoms with Crippen LogP contribution in [0.25, 0.3) is 0 Å². The van der Waals surface area contributed by atoms with Crippen molar-refractivity contribution in [2.75, 3.05) is 0 Å². The Morgan fingerprint density at radius 1 is 1.00 bits per heavy atom. The molecule has 0 bridgehead atoms. The van der Waals surface area contributed by atoms with Crippen LogP contribution < -0.4 is 5.43 Å². The van der Waals surface area contributed by atoms with Gasteiger partial charge >= 0.3 is 0 Å². The number of benzene rings is 2. The van der Waals surface area contributed by atoms with Crippen LogP contribution in [0.4, 0.5) is 0 Å². The quantitative estimate of drug-likeness (QED) is 0.675. The molecule has 5 heteroatoms. The topological polar surface area (TPSA) is 55.2 Å². The predicted octanol–water partition coefficient (Wildman–Crippen LogP) is 3.17. The van der Waals surface area contributed by atoms with Crippen LogP contribution in [0, 0.1) is 10.1 Å². The summed E-state index contributed by atoms with van der Waals surface area (Å²) in [6.07, 6.45) is 0.589. The highest BCUT2D eigenvalue weighted by Crippen LogP contribution is 2.18. The van der Waals surface area contributed by atoms with Gasteiger partial charge in [-0.25, -0.2) is 10.1 Å². The van der Waals surface area contributed by atoms with Crippen molar-refractivity contribution in [3.63, 3.8) is 0 Å². The van der Waals surface area contributed by atoms with Crippen molar-refractivity contribution in [1.82, 2.24) is 5.43 Å². The Bertz CT molecular complexity index is 505. The second-order valence-corrected chi connectivity index (χ2v) is 4.04. The van der Waals surface area contributed by atoms with E-state index in [0.29, 0.717) is 6.42 Å². The van der Waals surface area contributed by atoms with Gasteiger partial charge in [0.1, 0.15) is 6.04 Å². The fraction of sp³-hybridized carbons (Fsp3) is 0.143. The van der Waals surface area contributed by atoms with E-state index in [1.807, 2.05) is 60.7 Å². The maximum Gasteiger partial charge on any atom is 0.158 e. The van der Waals surface area contributed by atoms with Crippen LogP contribution in [0.3, 0.4) is 0 Å². The molecule has 0 heterocycles. The lowest BCUT2D eigenvalue weighted by Crippen LogP contribution is -2.28. The van der Waals surface area contributed by atoms with Crippen molar-refractivity contribution in [3.05, 3.63) is 81.9 Å². The number of nitrogens with zero attached hydrogens (tertiary/aromatic N) is 1. The van der Waals surface area contributed by atoms with E-state index < -0.39 is 5.03 Å². The lowest BCUT2D eigenvalue weighted by molar-refractivity contribution is -0.552. The van der Waals surface area contributed by atoms with Gasteiger partial charge in [0.05, 0.1) is 0 Å². The average molecular weight is 279 g/mol. The fourth-order valence-corrected chi connectivity index (χ4v) is 1.90. The summed E-state index contributed by atoms with van der Waals surface area (Å²) in [5, 5.41) is 10.2. The molecular weight excluding hydrogens is 264 g/mol. The van der Waals surface area contributed by atoms with E-state index in [9.17, 15) is 10.1 Å². The molecule has 0 saturated carbocycles. The molecule has 1 atom stereocenters. The molecule has 100 valence electrons. The number of halogens is 1. The maximum atomic E-state index is 10.7. The van der Waals surface area contributed by atoms with Crippen LogP contribution in [0.1, 0.15) is 17.2 Å². The van der Waals surface area contributed by atoms with Crippen LogP contribution in [-0.2, 0) is 6.42 Å². The summed E-state index contributed by atoms with van der Waals surface area (Å²) in [4.78, 5) is 10.7. The van der Waals surface area contributed by atoms with E-state index in [-0.39, 0.29) is 18.4 Å². The molecule has 0 spiro atoms. The van der Waals surface area contributed by atoms with Crippen LogP contribution >= 0.6 is 12.4 Å². The highest BCUT2D eigenvalue weighted by Gasteiger charge is 2.16.